The Hall–Kier alpha value is -1.19. The summed E-state index contributed by atoms with van der Waals surface area (Å²) in [6, 6.07) is 0. The minimum Gasteiger partial charge on any atom is -0.299 e. The monoisotopic (exact) mass is 221 g/mol. The third kappa shape index (κ3) is 2.90. The molecule has 2 rings (SSSR count). The fourth-order valence-electron chi connectivity index (χ4n) is 1.91. The Kier molecular flexibility index (Phi) is 3.70. The molecule has 1 aromatic heterocycles. The van der Waals surface area contributed by atoms with Crippen LogP contribution in [-0.2, 0) is 17.8 Å². The van der Waals surface area contributed by atoms with Crippen molar-refractivity contribution in [2.75, 3.05) is 0 Å². The van der Waals surface area contributed by atoms with Gasteiger partial charge in [0.05, 0.1) is 0 Å². The van der Waals surface area contributed by atoms with Crippen LogP contribution in [-0.4, -0.2) is 20.5 Å². The largest absolute Gasteiger partial charge is 0.299 e. The second kappa shape index (κ2) is 5.23. The molecule has 4 heteroatoms. The SMILES string of the molecule is CCCn1ncnc1CCCC(=O)C1CC1. The summed E-state index contributed by atoms with van der Waals surface area (Å²) in [6.07, 6.45) is 7.40. The minimum absolute atomic E-state index is 0.397. The van der Waals surface area contributed by atoms with E-state index in [0.29, 0.717) is 18.1 Å². The summed E-state index contributed by atoms with van der Waals surface area (Å²) < 4.78 is 1.95. The van der Waals surface area contributed by atoms with Crippen LogP contribution in [0.25, 0.3) is 0 Å². The van der Waals surface area contributed by atoms with Crippen LogP contribution in [0, 0.1) is 5.92 Å². The number of carbonyl (C=O) groups excluding carboxylic acids is 1. The second-order valence-corrected chi connectivity index (χ2v) is 4.49. The van der Waals surface area contributed by atoms with E-state index >= 15 is 0 Å². The van der Waals surface area contributed by atoms with Crippen LogP contribution >= 0.6 is 0 Å². The standard InChI is InChI=1S/C12H19N3O/c1-2-8-15-12(13-9-14-15)5-3-4-11(16)10-6-7-10/h9-10H,2-8H2,1H3. The summed E-state index contributed by atoms with van der Waals surface area (Å²) in [6.45, 7) is 3.05. The van der Waals surface area contributed by atoms with Gasteiger partial charge in [-0.05, 0) is 25.7 Å². The number of hydrogen-bond donors (Lipinski definition) is 0. The Morgan fingerprint density at radius 2 is 2.38 bits per heavy atom. The Labute approximate surface area is 96.1 Å². The Bertz CT molecular complexity index is 355. The molecule has 0 aromatic carbocycles. The minimum atomic E-state index is 0.397. The molecule has 88 valence electrons. The Balaban J connectivity index is 1.75. The predicted octanol–water partition coefficient (Wildman–Crippen LogP) is 1.99. The van der Waals surface area contributed by atoms with E-state index in [-0.39, 0.29) is 0 Å². The molecule has 1 fully saturated rings. The maximum atomic E-state index is 11.5. The first-order chi connectivity index (χ1) is 7.81. The molecule has 0 N–H and O–H groups in total. The Morgan fingerprint density at radius 3 is 3.06 bits per heavy atom. The van der Waals surface area contributed by atoms with Crippen LogP contribution in [0.3, 0.4) is 0 Å². The number of ketones is 1. The molecule has 1 aliphatic carbocycles. The molecule has 0 radical (unpaired) electrons. The number of rotatable bonds is 7. The summed E-state index contributed by atoms with van der Waals surface area (Å²) in [5.74, 6) is 1.86. The van der Waals surface area contributed by atoms with Gasteiger partial charge in [0.25, 0.3) is 0 Å². The van der Waals surface area contributed by atoms with E-state index in [4.69, 9.17) is 0 Å². The molecule has 0 bridgehead atoms. The molecule has 0 saturated heterocycles. The van der Waals surface area contributed by atoms with Gasteiger partial charge in [-0.1, -0.05) is 6.92 Å². The summed E-state index contributed by atoms with van der Waals surface area (Å²) in [7, 11) is 0. The van der Waals surface area contributed by atoms with Crippen molar-refractivity contribution in [2.45, 2.75) is 52.0 Å². The normalized spacial score (nSPS) is 15.3. The molecular formula is C12H19N3O. The van der Waals surface area contributed by atoms with Gasteiger partial charge in [-0.3, -0.25) is 9.48 Å². The first-order valence-corrected chi connectivity index (χ1v) is 6.20. The zero-order valence-corrected chi connectivity index (χ0v) is 9.85. The van der Waals surface area contributed by atoms with Gasteiger partial charge in [0.1, 0.15) is 17.9 Å². The van der Waals surface area contributed by atoms with Crippen molar-refractivity contribution in [3.8, 4) is 0 Å². The zero-order valence-electron chi connectivity index (χ0n) is 9.85. The van der Waals surface area contributed by atoms with Crippen molar-refractivity contribution < 1.29 is 4.79 Å². The van der Waals surface area contributed by atoms with E-state index < -0.39 is 0 Å². The molecule has 1 aliphatic rings. The van der Waals surface area contributed by atoms with Gasteiger partial charge < -0.3 is 0 Å². The molecule has 16 heavy (non-hydrogen) atoms. The number of hydrogen-bond acceptors (Lipinski definition) is 3. The first kappa shape index (κ1) is 11.3. The van der Waals surface area contributed by atoms with Crippen LogP contribution < -0.4 is 0 Å². The maximum absolute atomic E-state index is 11.5. The Morgan fingerprint density at radius 1 is 1.56 bits per heavy atom. The van der Waals surface area contributed by atoms with E-state index in [1.807, 2.05) is 4.68 Å². The van der Waals surface area contributed by atoms with Gasteiger partial charge in [-0.25, -0.2) is 4.98 Å². The molecule has 0 amide bonds. The molecule has 1 heterocycles. The summed E-state index contributed by atoms with van der Waals surface area (Å²) in [5, 5.41) is 4.17. The predicted molar refractivity (Wildman–Crippen MR) is 61.0 cm³/mol. The van der Waals surface area contributed by atoms with Crippen molar-refractivity contribution in [1.29, 1.82) is 0 Å². The first-order valence-electron chi connectivity index (χ1n) is 6.20. The third-order valence-electron chi connectivity index (χ3n) is 2.99. The number of aryl methyl sites for hydroxylation is 2. The highest BCUT2D eigenvalue weighted by molar-refractivity contribution is 5.83. The molecule has 0 atom stereocenters. The van der Waals surface area contributed by atoms with E-state index in [2.05, 4.69) is 17.0 Å². The van der Waals surface area contributed by atoms with Gasteiger partial charge in [-0.2, -0.15) is 5.10 Å². The van der Waals surface area contributed by atoms with Crippen LogP contribution in [0.1, 0.15) is 44.9 Å². The highest BCUT2D eigenvalue weighted by atomic mass is 16.1. The van der Waals surface area contributed by atoms with Crippen molar-refractivity contribution >= 4 is 5.78 Å². The molecule has 4 nitrogen and oxygen atoms in total. The van der Waals surface area contributed by atoms with Crippen molar-refractivity contribution in [3.05, 3.63) is 12.2 Å². The molecule has 0 spiro atoms. The van der Waals surface area contributed by atoms with E-state index in [0.717, 1.165) is 44.5 Å². The van der Waals surface area contributed by atoms with Gasteiger partial charge >= 0.3 is 0 Å². The smallest absolute Gasteiger partial charge is 0.138 e. The quantitative estimate of drug-likeness (QED) is 0.707. The maximum Gasteiger partial charge on any atom is 0.138 e. The molecule has 1 saturated carbocycles. The van der Waals surface area contributed by atoms with E-state index in [1.165, 1.54) is 0 Å². The average molecular weight is 221 g/mol. The third-order valence-corrected chi connectivity index (χ3v) is 2.99. The lowest BCUT2D eigenvalue weighted by Gasteiger charge is -2.03. The fraction of sp³-hybridized carbons (Fsp3) is 0.750. The lowest BCUT2D eigenvalue weighted by atomic mass is 10.1. The number of aromatic nitrogens is 3. The number of nitrogens with zero attached hydrogens (tertiary/aromatic N) is 3. The molecule has 1 aromatic rings. The molecule has 0 unspecified atom stereocenters. The number of Topliss-reactive ketones (excluding diaryl/α,β-unsaturated/α-hetero) is 1. The van der Waals surface area contributed by atoms with Crippen molar-refractivity contribution in [2.24, 2.45) is 5.92 Å². The van der Waals surface area contributed by atoms with Gasteiger partial charge in [0.15, 0.2) is 0 Å². The summed E-state index contributed by atoms with van der Waals surface area (Å²) >= 11 is 0. The van der Waals surface area contributed by atoms with Gasteiger partial charge in [0, 0.05) is 25.3 Å². The van der Waals surface area contributed by atoms with Crippen LogP contribution in [0.4, 0.5) is 0 Å². The van der Waals surface area contributed by atoms with Crippen molar-refractivity contribution in [3.63, 3.8) is 0 Å². The van der Waals surface area contributed by atoms with Crippen molar-refractivity contribution in [1.82, 2.24) is 14.8 Å². The lowest BCUT2D eigenvalue weighted by molar-refractivity contribution is -0.120. The van der Waals surface area contributed by atoms with E-state index in [9.17, 15) is 4.79 Å². The van der Waals surface area contributed by atoms with Crippen LogP contribution in [0.5, 0.6) is 0 Å². The van der Waals surface area contributed by atoms with Crippen LogP contribution in [0.15, 0.2) is 6.33 Å². The summed E-state index contributed by atoms with van der Waals surface area (Å²) in [5.41, 5.74) is 0. The number of carbonyl (C=O) groups is 1. The van der Waals surface area contributed by atoms with Gasteiger partial charge in [-0.15, -0.1) is 0 Å². The highest BCUT2D eigenvalue weighted by Gasteiger charge is 2.28. The highest BCUT2D eigenvalue weighted by Crippen LogP contribution is 2.31. The summed E-state index contributed by atoms with van der Waals surface area (Å²) in [4.78, 5) is 15.7. The molecule has 0 aliphatic heterocycles. The zero-order chi connectivity index (χ0) is 11.4. The van der Waals surface area contributed by atoms with E-state index in [1.54, 1.807) is 6.33 Å². The molecular weight excluding hydrogens is 202 g/mol. The fourth-order valence-corrected chi connectivity index (χ4v) is 1.91. The topological polar surface area (TPSA) is 47.8 Å². The average Bonchev–Trinajstić information content (AvgIpc) is 3.03. The lowest BCUT2D eigenvalue weighted by Crippen LogP contribution is -2.07. The second-order valence-electron chi connectivity index (χ2n) is 4.49. The van der Waals surface area contributed by atoms with Gasteiger partial charge in [0.2, 0.25) is 0 Å². The van der Waals surface area contributed by atoms with Crippen LogP contribution in [0.2, 0.25) is 0 Å².